The van der Waals surface area contributed by atoms with Crippen molar-refractivity contribution in [3.8, 4) is 0 Å². The molecule has 2 unspecified atom stereocenters. The zero-order chi connectivity index (χ0) is 13.9. The van der Waals surface area contributed by atoms with E-state index in [1.807, 2.05) is 7.05 Å². The Hall–Kier alpha value is -0.160. The van der Waals surface area contributed by atoms with Gasteiger partial charge in [-0.15, -0.1) is 0 Å². The molecule has 0 aromatic heterocycles. The highest BCUT2D eigenvalue weighted by atomic mass is 16.3. The molecule has 0 amide bonds. The maximum absolute atomic E-state index is 9.49. The van der Waals surface area contributed by atoms with Gasteiger partial charge in [-0.3, -0.25) is 4.90 Å². The lowest BCUT2D eigenvalue weighted by atomic mass is 9.93. The van der Waals surface area contributed by atoms with Crippen LogP contribution in [0.1, 0.15) is 33.1 Å². The number of rotatable bonds is 7. The van der Waals surface area contributed by atoms with E-state index < -0.39 is 0 Å². The molecule has 1 aliphatic heterocycles. The molecule has 0 bridgehead atoms. The molecule has 0 aromatic rings. The number of aliphatic hydroxyl groups is 1. The maximum atomic E-state index is 9.49. The topological polar surface area (TPSA) is 38.7 Å². The van der Waals surface area contributed by atoms with Gasteiger partial charge in [0.05, 0.1) is 6.61 Å². The van der Waals surface area contributed by atoms with Gasteiger partial charge in [0.15, 0.2) is 0 Å². The standard InChI is InChI=1S/C15H31N3O/c1-13(10-15(2,12-19)16-3)18-8-6-17(7-9-18)11-14-4-5-14/h13-14,16,19H,4-12H2,1-3H3. The molecule has 2 atom stereocenters. The largest absolute Gasteiger partial charge is 0.394 e. The second-order valence-corrected chi connectivity index (χ2v) is 6.80. The first-order valence-corrected chi connectivity index (χ1v) is 7.82. The van der Waals surface area contributed by atoms with E-state index in [2.05, 4.69) is 29.0 Å². The summed E-state index contributed by atoms with van der Waals surface area (Å²) in [6, 6.07) is 0.535. The molecule has 2 rings (SSSR count). The molecule has 112 valence electrons. The minimum absolute atomic E-state index is 0.148. The first kappa shape index (κ1) is 15.2. The van der Waals surface area contributed by atoms with Crippen molar-refractivity contribution in [1.29, 1.82) is 0 Å². The van der Waals surface area contributed by atoms with E-state index >= 15 is 0 Å². The van der Waals surface area contributed by atoms with Crippen molar-refractivity contribution in [2.24, 2.45) is 5.92 Å². The Morgan fingerprint density at radius 1 is 1.26 bits per heavy atom. The van der Waals surface area contributed by atoms with E-state index in [0.29, 0.717) is 6.04 Å². The number of hydrogen-bond acceptors (Lipinski definition) is 4. The average Bonchev–Trinajstić information content (AvgIpc) is 3.23. The Bertz CT molecular complexity index is 269. The molecule has 0 aromatic carbocycles. The highest BCUT2D eigenvalue weighted by Crippen LogP contribution is 2.30. The third-order valence-corrected chi connectivity index (χ3v) is 4.94. The molecule has 1 heterocycles. The average molecular weight is 269 g/mol. The van der Waals surface area contributed by atoms with Gasteiger partial charge in [-0.25, -0.2) is 0 Å². The molecule has 2 fully saturated rings. The van der Waals surface area contributed by atoms with Gasteiger partial charge < -0.3 is 15.3 Å². The summed E-state index contributed by atoms with van der Waals surface area (Å²) in [7, 11) is 1.94. The molecule has 1 aliphatic carbocycles. The maximum Gasteiger partial charge on any atom is 0.0611 e. The predicted octanol–water partition coefficient (Wildman–Crippen LogP) is 0.763. The van der Waals surface area contributed by atoms with Crippen LogP contribution < -0.4 is 5.32 Å². The fourth-order valence-electron chi connectivity index (χ4n) is 3.08. The van der Waals surface area contributed by atoms with Gasteiger partial charge in [0.25, 0.3) is 0 Å². The van der Waals surface area contributed by atoms with Crippen LogP contribution in [0.4, 0.5) is 0 Å². The van der Waals surface area contributed by atoms with Crippen LogP contribution in [-0.2, 0) is 0 Å². The number of likely N-dealkylation sites (N-methyl/N-ethyl adjacent to an activating group) is 1. The zero-order valence-corrected chi connectivity index (χ0v) is 12.9. The third kappa shape index (κ3) is 4.42. The number of hydrogen-bond donors (Lipinski definition) is 2. The van der Waals surface area contributed by atoms with Gasteiger partial charge in [-0.05, 0) is 46.1 Å². The van der Waals surface area contributed by atoms with Gasteiger partial charge in [-0.2, -0.15) is 0 Å². The highest BCUT2D eigenvalue weighted by molar-refractivity contribution is 4.88. The Morgan fingerprint density at radius 2 is 1.89 bits per heavy atom. The van der Waals surface area contributed by atoms with E-state index in [1.54, 1.807) is 0 Å². The van der Waals surface area contributed by atoms with Crippen molar-refractivity contribution >= 4 is 0 Å². The van der Waals surface area contributed by atoms with E-state index in [0.717, 1.165) is 12.3 Å². The predicted molar refractivity (Wildman–Crippen MR) is 79.4 cm³/mol. The Morgan fingerprint density at radius 3 is 2.37 bits per heavy atom. The van der Waals surface area contributed by atoms with Gasteiger partial charge in [0.2, 0.25) is 0 Å². The summed E-state index contributed by atoms with van der Waals surface area (Å²) in [6.07, 6.45) is 3.91. The first-order chi connectivity index (χ1) is 9.06. The molecule has 2 aliphatic rings. The summed E-state index contributed by atoms with van der Waals surface area (Å²) in [5.74, 6) is 1.01. The minimum atomic E-state index is -0.148. The second kappa shape index (κ2) is 6.53. The lowest BCUT2D eigenvalue weighted by molar-refractivity contribution is 0.0719. The first-order valence-electron chi connectivity index (χ1n) is 7.82. The molecule has 4 nitrogen and oxygen atoms in total. The number of aliphatic hydroxyl groups excluding tert-OH is 1. The molecule has 4 heteroatoms. The minimum Gasteiger partial charge on any atom is -0.394 e. The van der Waals surface area contributed by atoms with E-state index in [-0.39, 0.29) is 12.1 Å². The fourth-order valence-corrected chi connectivity index (χ4v) is 3.08. The van der Waals surface area contributed by atoms with E-state index in [4.69, 9.17) is 0 Å². The zero-order valence-electron chi connectivity index (χ0n) is 12.9. The molecule has 1 saturated heterocycles. The lowest BCUT2D eigenvalue weighted by Gasteiger charge is -2.41. The van der Waals surface area contributed by atoms with Gasteiger partial charge in [-0.1, -0.05) is 0 Å². The molecule has 0 radical (unpaired) electrons. The molecule has 2 N–H and O–H groups in total. The van der Waals surface area contributed by atoms with Crippen molar-refractivity contribution in [2.45, 2.75) is 44.7 Å². The number of nitrogens with zero attached hydrogens (tertiary/aromatic N) is 2. The summed E-state index contributed by atoms with van der Waals surface area (Å²) in [5, 5.41) is 12.7. The van der Waals surface area contributed by atoms with Crippen LogP contribution in [0.5, 0.6) is 0 Å². The van der Waals surface area contributed by atoms with Crippen molar-refractivity contribution in [1.82, 2.24) is 15.1 Å². The van der Waals surface area contributed by atoms with Crippen LogP contribution >= 0.6 is 0 Å². The fraction of sp³-hybridized carbons (Fsp3) is 1.00. The van der Waals surface area contributed by atoms with Crippen molar-refractivity contribution in [3.05, 3.63) is 0 Å². The van der Waals surface area contributed by atoms with Crippen LogP contribution in [0, 0.1) is 5.92 Å². The van der Waals surface area contributed by atoms with Crippen molar-refractivity contribution < 1.29 is 5.11 Å². The van der Waals surface area contributed by atoms with Gasteiger partial charge >= 0.3 is 0 Å². The summed E-state index contributed by atoms with van der Waals surface area (Å²) < 4.78 is 0. The molecule has 0 spiro atoms. The van der Waals surface area contributed by atoms with Gasteiger partial charge in [0, 0.05) is 44.3 Å². The summed E-state index contributed by atoms with van der Waals surface area (Å²) in [5.41, 5.74) is -0.148. The Kier molecular flexibility index (Phi) is 5.23. The SMILES string of the molecule is CNC(C)(CO)CC(C)N1CCN(CC2CC2)CC1. The van der Waals surface area contributed by atoms with Crippen LogP contribution in [-0.4, -0.2) is 72.9 Å². The summed E-state index contributed by atoms with van der Waals surface area (Å²) in [4.78, 5) is 5.21. The summed E-state index contributed by atoms with van der Waals surface area (Å²) in [6.45, 7) is 10.7. The van der Waals surface area contributed by atoms with Crippen LogP contribution in [0.25, 0.3) is 0 Å². The molecule has 19 heavy (non-hydrogen) atoms. The highest BCUT2D eigenvalue weighted by Gasteiger charge is 2.30. The van der Waals surface area contributed by atoms with Crippen LogP contribution in [0.3, 0.4) is 0 Å². The van der Waals surface area contributed by atoms with Crippen LogP contribution in [0.2, 0.25) is 0 Å². The number of piperazine rings is 1. The normalized spacial score (nSPS) is 27.2. The molecular formula is C15H31N3O. The molecular weight excluding hydrogens is 238 g/mol. The Balaban J connectivity index is 1.73. The van der Waals surface area contributed by atoms with E-state index in [1.165, 1.54) is 45.6 Å². The van der Waals surface area contributed by atoms with Crippen LogP contribution in [0.15, 0.2) is 0 Å². The monoisotopic (exact) mass is 269 g/mol. The van der Waals surface area contributed by atoms with Crippen molar-refractivity contribution in [3.63, 3.8) is 0 Å². The third-order valence-electron chi connectivity index (χ3n) is 4.94. The molecule has 1 saturated carbocycles. The van der Waals surface area contributed by atoms with E-state index in [9.17, 15) is 5.11 Å². The van der Waals surface area contributed by atoms with Gasteiger partial charge in [0.1, 0.15) is 0 Å². The number of nitrogens with one attached hydrogen (secondary N) is 1. The quantitative estimate of drug-likeness (QED) is 0.716. The Labute approximate surface area is 118 Å². The summed E-state index contributed by atoms with van der Waals surface area (Å²) >= 11 is 0. The second-order valence-electron chi connectivity index (χ2n) is 6.80. The lowest BCUT2D eigenvalue weighted by Crippen LogP contribution is -2.54. The van der Waals surface area contributed by atoms with Crippen molar-refractivity contribution in [2.75, 3.05) is 46.4 Å². The smallest absolute Gasteiger partial charge is 0.0611 e.